The largest absolute Gasteiger partial charge is 0.469 e. The highest BCUT2D eigenvalue weighted by molar-refractivity contribution is 5.65. The number of nitrogens with two attached hydrogens (primary N) is 1. The highest BCUT2D eigenvalue weighted by Gasteiger charge is 2.09. The first-order chi connectivity index (χ1) is 9.17. The van der Waals surface area contributed by atoms with Crippen molar-refractivity contribution in [2.75, 3.05) is 38.2 Å². The minimum Gasteiger partial charge on any atom is -0.469 e. The minimum atomic E-state index is -0.245. The Morgan fingerprint density at radius 1 is 1.32 bits per heavy atom. The van der Waals surface area contributed by atoms with Gasteiger partial charge in [0.2, 0.25) is 0 Å². The van der Waals surface area contributed by atoms with Crippen LogP contribution in [0, 0.1) is 0 Å². The van der Waals surface area contributed by atoms with Gasteiger partial charge < -0.3 is 20.7 Å². The lowest BCUT2D eigenvalue weighted by atomic mass is 10.2. The standard InChI is InChI=1S/C11H17N3.C3H6O2/c12-9-10-1-3-11(4-2-10)14-7-5-13-6-8-14;1-3(4)5-2/h1-4,13H,5-9,12H2;1-2H3. The number of nitrogens with zero attached hydrogens (tertiary/aromatic N) is 1. The summed E-state index contributed by atoms with van der Waals surface area (Å²) in [5.41, 5.74) is 8.06. The van der Waals surface area contributed by atoms with Crippen LogP contribution in [0.2, 0.25) is 0 Å². The molecule has 0 radical (unpaired) electrons. The average molecular weight is 265 g/mol. The van der Waals surface area contributed by atoms with Crippen LogP contribution in [0.5, 0.6) is 0 Å². The second kappa shape index (κ2) is 8.50. The summed E-state index contributed by atoms with van der Waals surface area (Å²) in [6.07, 6.45) is 0. The van der Waals surface area contributed by atoms with E-state index in [1.165, 1.54) is 25.3 Å². The summed E-state index contributed by atoms with van der Waals surface area (Å²) >= 11 is 0. The predicted octanol–water partition coefficient (Wildman–Crippen LogP) is 0.734. The van der Waals surface area contributed by atoms with Gasteiger partial charge in [-0.15, -0.1) is 0 Å². The van der Waals surface area contributed by atoms with Crippen LogP contribution < -0.4 is 16.0 Å². The Bertz CT molecular complexity index is 373. The molecule has 0 bridgehead atoms. The molecule has 19 heavy (non-hydrogen) atoms. The summed E-state index contributed by atoms with van der Waals surface area (Å²) in [6, 6.07) is 8.54. The number of methoxy groups -OCH3 is 1. The van der Waals surface area contributed by atoms with Gasteiger partial charge in [-0.2, -0.15) is 0 Å². The Hall–Kier alpha value is -1.59. The van der Waals surface area contributed by atoms with E-state index in [-0.39, 0.29) is 5.97 Å². The van der Waals surface area contributed by atoms with Crippen molar-refractivity contribution in [3.63, 3.8) is 0 Å². The van der Waals surface area contributed by atoms with Crippen LogP contribution in [-0.4, -0.2) is 39.3 Å². The van der Waals surface area contributed by atoms with Crippen LogP contribution in [0.4, 0.5) is 5.69 Å². The molecule has 0 unspecified atom stereocenters. The Morgan fingerprint density at radius 3 is 2.26 bits per heavy atom. The molecular formula is C14H23N3O2. The molecule has 1 aromatic carbocycles. The predicted molar refractivity (Wildman–Crippen MR) is 77.1 cm³/mol. The SMILES string of the molecule is COC(C)=O.NCc1ccc(N2CCNCC2)cc1. The van der Waals surface area contributed by atoms with Gasteiger partial charge in [-0.25, -0.2) is 0 Å². The monoisotopic (exact) mass is 265 g/mol. The fraction of sp³-hybridized carbons (Fsp3) is 0.500. The number of benzene rings is 1. The highest BCUT2D eigenvalue weighted by atomic mass is 16.5. The number of rotatable bonds is 2. The van der Waals surface area contributed by atoms with Crippen molar-refractivity contribution in [3.8, 4) is 0 Å². The topological polar surface area (TPSA) is 67.6 Å². The minimum absolute atomic E-state index is 0.245. The number of carbonyl (C=O) groups is 1. The van der Waals surface area contributed by atoms with E-state index in [9.17, 15) is 4.79 Å². The molecule has 0 atom stereocenters. The number of anilines is 1. The lowest BCUT2D eigenvalue weighted by Crippen LogP contribution is -2.43. The van der Waals surface area contributed by atoms with Crippen LogP contribution in [0.1, 0.15) is 12.5 Å². The van der Waals surface area contributed by atoms with Crippen LogP contribution >= 0.6 is 0 Å². The van der Waals surface area contributed by atoms with Crippen LogP contribution in [0.3, 0.4) is 0 Å². The van der Waals surface area contributed by atoms with E-state index in [1.54, 1.807) is 0 Å². The molecule has 5 heteroatoms. The molecule has 0 aliphatic carbocycles. The Labute approximate surface area is 114 Å². The molecule has 0 saturated carbocycles. The molecule has 2 rings (SSSR count). The Balaban J connectivity index is 0.000000312. The normalized spacial score (nSPS) is 14.4. The van der Waals surface area contributed by atoms with Crippen molar-refractivity contribution >= 4 is 11.7 Å². The fourth-order valence-corrected chi connectivity index (χ4v) is 1.77. The zero-order valence-corrected chi connectivity index (χ0v) is 11.7. The first-order valence-electron chi connectivity index (χ1n) is 6.46. The first-order valence-corrected chi connectivity index (χ1v) is 6.46. The van der Waals surface area contributed by atoms with Crippen LogP contribution in [-0.2, 0) is 16.1 Å². The molecule has 1 aliphatic heterocycles. The molecule has 1 fully saturated rings. The second-order valence-electron chi connectivity index (χ2n) is 4.30. The van der Waals surface area contributed by atoms with E-state index in [0.717, 1.165) is 26.2 Å². The number of hydrogen-bond donors (Lipinski definition) is 2. The molecule has 1 heterocycles. The van der Waals surface area contributed by atoms with Crippen molar-refractivity contribution in [2.45, 2.75) is 13.5 Å². The molecule has 0 amide bonds. The number of carbonyl (C=O) groups excluding carboxylic acids is 1. The van der Waals surface area contributed by atoms with E-state index in [2.05, 4.69) is 39.2 Å². The Morgan fingerprint density at radius 2 is 1.84 bits per heavy atom. The second-order valence-corrected chi connectivity index (χ2v) is 4.30. The number of piperazine rings is 1. The van der Waals surface area contributed by atoms with Gasteiger partial charge in [-0.1, -0.05) is 12.1 Å². The lowest BCUT2D eigenvalue weighted by Gasteiger charge is -2.29. The molecule has 106 valence electrons. The van der Waals surface area contributed by atoms with Gasteiger partial charge in [0, 0.05) is 45.3 Å². The Kier molecular flexibility index (Phi) is 6.92. The lowest BCUT2D eigenvalue weighted by molar-refractivity contribution is -0.137. The molecular weight excluding hydrogens is 242 g/mol. The van der Waals surface area contributed by atoms with Crippen molar-refractivity contribution in [3.05, 3.63) is 29.8 Å². The maximum absolute atomic E-state index is 9.59. The number of esters is 1. The van der Waals surface area contributed by atoms with Gasteiger partial charge in [-0.05, 0) is 17.7 Å². The molecule has 5 nitrogen and oxygen atoms in total. The van der Waals surface area contributed by atoms with Crippen molar-refractivity contribution in [1.29, 1.82) is 0 Å². The molecule has 0 spiro atoms. The third-order valence-electron chi connectivity index (χ3n) is 2.94. The number of ether oxygens (including phenoxy) is 1. The zero-order chi connectivity index (χ0) is 14.1. The van der Waals surface area contributed by atoms with E-state index >= 15 is 0 Å². The summed E-state index contributed by atoms with van der Waals surface area (Å²) in [6.45, 7) is 6.35. The molecule has 3 N–H and O–H groups in total. The number of hydrogen-bond acceptors (Lipinski definition) is 5. The van der Waals surface area contributed by atoms with Gasteiger partial charge in [0.05, 0.1) is 7.11 Å². The summed E-state index contributed by atoms with van der Waals surface area (Å²) in [7, 11) is 1.35. The third-order valence-corrected chi connectivity index (χ3v) is 2.94. The molecule has 1 aromatic rings. The average Bonchev–Trinajstić information content (AvgIpc) is 2.49. The van der Waals surface area contributed by atoms with Crippen molar-refractivity contribution in [2.24, 2.45) is 5.73 Å². The molecule has 1 saturated heterocycles. The zero-order valence-electron chi connectivity index (χ0n) is 11.7. The third kappa shape index (κ3) is 5.72. The summed E-state index contributed by atoms with van der Waals surface area (Å²) < 4.78 is 4.11. The maximum Gasteiger partial charge on any atom is 0.302 e. The summed E-state index contributed by atoms with van der Waals surface area (Å²) in [5, 5.41) is 3.35. The van der Waals surface area contributed by atoms with E-state index in [4.69, 9.17) is 5.73 Å². The van der Waals surface area contributed by atoms with Crippen LogP contribution in [0.25, 0.3) is 0 Å². The van der Waals surface area contributed by atoms with Gasteiger partial charge >= 0.3 is 5.97 Å². The van der Waals surface area contributed by atoms with Crippen molar-refractivity contribution in [1.82, 2.24) is 5.32 Å². The maximum atomic E-state index is 9.59. The van der Waals surface area contributed by atoms with Gasteiger partial charge in [0.1, 0.15) is 0 Å². The van der Waals surface area contributed by atoms with Crippen LogP contribution in [0.15, 0.2) is 24.3 Å². The highest BCUT2D eigenvalue weighted by Crippen LogP contribution is 2.15. The van der Waals surface area contributed by atoms with Crippen molar-refractivity contribution < 1.29 is 9.53 Å². The van der Waals surface area contributed by atoms with E-state index in [0.29, 0.717) is 6.54 Å². The fourth-order valence-electron chi connectivity index (χ4n) is 1.77. The number of nitrogens with one attached hydrogen (secondary N) is 1. The quantitative estimate of drug-likeness (QED) is 0.772. The molecule has 1 aliphatic rings. The summed E-state index contributed by atoms with van der Waals surface area (Å²) in [4.78, 5) is 12.0. The van der Waals surface area contributed by atoms with Gasteiger partial charge in [0.15, 0.2) is 0 Å². The van der Waals surface area contributed by atoms with E-state index < -0.39 is 0 Å². The van der Waals surface area contributed by atoms with E-state index in [1.807, 2.05) is 0 Å². The first kappa shape index (κ1) is 15.5. The smallest absolute Gasteiger partial charge is 0.302 e. The summed E-state index contributed by atoms with van der Waals surface area (Å²) in [5.74, 6) is -0.245. The van der Waals surface area contributed by atoms with Gasteiger partial charge in [0.25, 0.3) is 0 Å². The molecule has 0 aromatic heterocycles. The van der Waals surface area contributed by atoms with Gasteiger partial charge in [-0.3, -0.25) is 4.79 Å².